The van der Waals surface area contributed by atoms with Crippen molar-refractivity contribution < 1.29 is 0 Å². The van der Waals surface area contributed by atoms with Gasteiger partial charge < -0.3 is 0 Å². The van der Waals surface area contributed by atoms with Crippen molar-refractivity contribution >= 4 is 0 Å². The van der Waals surface area contributed by atoms with E-state index in [1.54, 1.807) is 0 Å². The molecule has 0 N–H and O–H groups in total. The summed E-state index contributed by atoms with van der Waals surface area (Å²) in [6, 6.07) is 0. The molecule has 0 heterocycles. The van der Waals surface area contributed by atoms with Gasteiger partial charge in [0.05, 0.1) is 0 Å². The van der Waals surface area contributed by atoms with Crippen LogP contribution in [0.15, 0.2) is 0 Å². The molecule has 0 aromatic carbocycles. The van der Waals surface area contributed by atoms with Gasteiger partial charge in [-0.15, -0.1) is 0 Å². The molecule has 19 heavy (non-hydrogen) atoms. The Kier molecular flexibility index (Phi) is 11.7. The van der Waals surface area contributed by atoms with Gasteiger partial charge in [-0.2, -0.15) is 0 Å². The van der Waals surface area contributed by atoms with Gasteiger partial charge in [0.15, 0.2) is 0 Å². The first-order chi connectivity index (χ1) is 9.39. The summed E-state index contributed by atoms with van der Waals surface area (Å²) in [6.45, 7) is 2.47. The highest BCUT2D eigenvalue weighted by Crippen LogP contribution is 2.19. The van der Waals surface area contributed by atoms with Crippen LogP contribution in [0.25, 0.3) is 0 Å². The summed E-state index contributed by atoms with van der Waals surface area (Å²) in [4.78, 5) is 0. The van der Waals surface area contributed by atoms with Crippen molar-refractivity contribution in [2.75, 3.05) is 0 Å². The summed E-state index contributed by atoms with van der Waals surface area (Å²) in [5, 5.41) is 0. The summed E-state index contributed by atoms with van der Waals surface area (Å²) in [6.07, 6.45) is 25.4. The third-order valence-electron chi connectivity index (χ3n) is 4.89. The Morgan fingerprint density at radius 1 is 0.368 bits per heavy atom. The lowest BCUT2D eigenvalue weighted by Crippen LogP contribution is -1.95. The van der Waals surface area contributed by atoms with E-state index in [2.05, 4.69) is 6.92 Å². The SMILES string of the molecule is CC1CCCCCCCCCCCCCCCCC1. The van der Waals surface area contributed by atoms with Crippen LogP contribution in [0.2, 0.25) is 0 Å². The molecule has 0 aromatic rings. The smallest absolute Gasteiger partial charge is 0.0443 e. The van der Waals surface area contributed by atoms with Crippen LogP contribution in [0, 0.1) is 5.92 Å². The second-order valence-electron chi connectivity index (χ2n) is 6.99. The van der Waals surface area contributed by atoms with Crippen molar-refractivity contribution in [3.05, 3.63) is 0 Å². The Bertz CT molecular complexity index is 155. The maximum absolute atomic E-state index is 2.47. The first-order valence-electron chi connectivity index (χ1n) is 9.39. The highest BCUT2D eigenvalue weighted by molar-refractivity contribution is 4.56. The summed E-state index contributed by atoms with van der Waals surface area (Å²) >= 11 is 0. The van der Waals surface area contributed by atoms with E-state index in [0.29, 0.717) is 0 Å². The fourth-order valence-corrected chi connectivity index (χ4v) is 3.43. The molecule has 114 valence electrons. The van der Waals surface area contributed by atoms with Crippen LogP contribution in [0.3, 0.4) is 0 Å². The highest BCUT2D eigenvalue weighted by atomic mass is 14.1. The first kappa shape index (κ1) is 17.1. The van der Waals surface area contributed by atoms with Crippen molar-refractivity contribution in [2.24, 2.45) is 5.92 Å². The van der Waals surface area contributed by atoms with Crippen molar-refractivity contribution in [1.82, 2.24) is 0 Å². The lowest BCUT2D eigenvalue weighted by atomic mass is 9.95. The molecule has 1 aliphatic rings. The molecular weight excluding hydrogens is 228 g/mol. The molecule has 0 heteroatoms. The maximum atomic E-state index is 2.47. The molecule has 1 saturated carbocycles. The zero-order valence-corrected chi connectivity index (χ0v) is 13.6. The lowest BCUT2D eigenvalue weighted by Gasteiger charge is -2.11. The monoisotopic (exact) mass is 266 g/mol. The highest BCUT2D eigenvalue weighted by Gasteiger charge is 2.02. The zero-order valence-electron chi connectivity index (χ0n) is 13.6. The Labute approximate surface area is 122 Å². The van der Waals surface area contributed by atoms with Gasteiger partial charge in [0, 0.05) is 0 Å². The van der Waals surface area contributed by atoms with Crippen LogP contribution in [-0.4, -0.2) is 0 Å². The second-order valence-corrected chi connectivity index (χ2v) is 6.99. The average Bonchev–Trinajstić information content (AvgIpc) is 2.41. The van der Waals surface area contributed by atoms with Crippen LogP contribution in [0.4, 0.5) is 0 Å². The van der Waals surface area contributed by atoms with E-state index >= 15 is 0 Å². The van der Waals surface area contributed by atoms with Gasteiger partial charge in [-0.1, -0.05) is 116 Å². The van der Waals surface area contributed by atoms with Crippen LogP contribution in [-0.2, 0) is 0 Å². The van der Waals surface area contributed by atoms with Crippen LogP contribution in [0.1, 0.15) is 116 Å². The standard InChI is InChI=1S/C19H38/c1-19-17-15-13-11-9-7-5-3-2-4-6-8-10-12-14-16-18-19/h19H,2-18H2,1H3. The predicted octanol–water partition coefficient (Wildman–Crippen LogP) is 7.27. The average molecular weight is 267 g/mol. The molecule has 0 nitrogen and oxygen atoms in total. The fourth-order valence-electron chi connectivity index (χ4n) is 3.43. The number of rotatable bonds is 0. The van der Waals surface area contributed by atoms with Crippen molar-refractivity contribution in [2.45, 2.75) is 116 Å². The minimum Gasteiger partial charge on any atom is -0.0625 e. The van der Waals surface area contributed by atoms with Gasteiger partial charge >= 0.3 is 0 Å². The van der Waals surface area contributed by atoms with E-state index < -0.39 is 0 Å². The van der Waals surface area contributed by atoms with Crippen LogP contribution in [0.5, 0.6) is 0 Å². The Hall–Kier alpha value is 0. The van der Waals surface area contributed by atoms with Gasteiger partial charge in [0.25, 0.3) is 0 Å². The normalized spacial score (nSPS) is 24.5. The summed E-state index contributed by atoms with van der Waals surface area (Å²) in [5.41, 5.74) is 0. The molecule has 1 aliphatic carbocycles. The Balaban J connectivity index is 2.08. The van der Waals surface area contributed by atoms with Crippen molar-refractivity contribution in [3.63, 3.8) is 0 Å². The third kappa shape index (κ3) is 11.5. The largest absolute Gasteiger partial charge is 0.0625 e. The molecule has 0 atom stereocenters. The fraction of sp³-hybridized carbons (Fsp3) is 1.00. The quantitative estimate of drug-likeness (QED) is 0.432. The summed E-state index contributed by atoms with van der Waals surface area (Å²) in [7, 11) is 0. The van der Waals surface area contributed by atoms with Crippen molar-refractivity contribution in [1.29, 1.82) is 0 Å². The molecule has 0 radical (unpaired) electrons. The maximum Gasteiger partial charge on any atom is -0.0443 e. The third-order valence-corrected chi connectivity index (χ3v) is 4.89. The summed E-state index contributed by atoms with van der Waals surface area (Å²) in [5.74, 6) is 0.985. The molecular formula is C19H38. The Morgan fingerprint density at radius 2 is 0.579 bits per heavy atom. The molecule has 0 saturated heterocycles. The van der Waals surface area contributed by atoms with Gasteiger partial charge in [-0.05, 0) is 5.92 Å². The van der Waals surface area contributed by atoms with Crippen molar-refractivity contribution in [3.8, 4) is 0 Å². The minimum absolute atomic E-state index is 0.985. The van der Waals surface area contributed by atoms with E-state index in [4.69, 9.17) is 0 Å². The van der Waals surface area contributed by atoms with Gasteiger partial charge in [0.2, 0.25) is 0 Å². The molecule has 1 rings (SSSR count). The number of hydrogen-bond donors (Lipinski definition) is 0. The molecule has 1 fully saturated rings. The molecule has 0 unspecified atom stereocenters. The minimum atomic E-state index is 0.985. The number of hydrogen-bond acceptors (Lipinski definition) is 0. The second kappa shape index (κ2) is 13.0. The molecule has 0 aromatic heterocycles. The van der Waals surface area contributed by atoms with E-state index in [9.17, 15) is 0 Å². The van der Waals surface area contributed by atoms with E-state index in [1.807, 2.05) is 0 Å². The van der Waals surface area contributed by atoms with Crippen LogP contribution >= 0.6 is 0 Å². The van der Waals surface area contributed by atoms with Gasteiger partial charge in [-0.3, -0.25) is 0 Å². The lowest BCUT2D eigenvalue weighted by molar-refractivity contribution is 0.427. The Morgan fingerprint density at radius 3 is 0.842 bits per heavy atom. The van der Waals surface area contributed by atoms with E-state index in [-0.39, 0.29) is 0 Å². The first-order valence-corrected chi connectivity index (χ1v) is 9.39. The molecule has 0 spiro atoms. The topological polar surface area (TPSA) is 0 Å². The molecule has 0 aliphatic heterocycles. The van der Waals surface area contributed by atoms with E-state index in [1.165, 1.54) is 109 Å². The van der Waals surface area contributed by atoms with Gasteiger partial charge in [-0.25, -0.2) is 0 Å². The molecule has 0 amide bonds. The zero-order chi connectivity index (χ0) is 13.6. The van der Waals surface area contributed by atoms with Gasteiger partial charge in [0.1, 0.15) is 0 Å². The van der Waals surface area contributed by atoms with E-state index in [0.717, 1.165) is 5.92 Å². The predicted molar refractivity (Wildman–Crippen MR) is 87.7 cm³/mol. The van der Waals surface area contributed by atoms with Crippen LogP contribution < -0.4 is 0 Å². The summed E-state index contributed by atoms with van der Waals surface area (Å²) < 4.78 is 0. The molecule has 0 bridgehead atoms.